The summed E-state index contributed by atoms with van der Waals surface area (Å²) in [4.78, 5) is 26.3. The van der Waals surface area contributed by atoms with Crippen LogP contribution in [0.25, 0.3) is 0 Å². The van der Waals surface area contributed by atoms with Crippen molar-refractivity contribution in [1.82, 2.24) is 10.2 Å². The monoisotopic (exact) mass is 460 g/mol. The van der Waals surface area contributed by atoms with E-state index in [1.807, 2.05) is 19.2 Å². The van der Waals surface area contributed by atoms with Gasteiger partial charge in [0.25, 0.3) is 0 Å². The molecule has 1 fully saturated rings. The van der Waals surface area contributed by atoms with E-state index in [2.05, 4.69) is 52.1 Å². The van der Waals surface area contributed by atoms with Crippen molar-refractivity contribution in [3.63, 3.8) is 0 Å². The van der Waals surface area contributed by atoms with Gasteiger partial charge in [-0.3, -0.25) is 9.69 Å². The van der Waals surface area contributed by atoms with Crippen LogP contribution in [0.5, 0.6) is 0 Å². The molecular weight excluding hydrogens is 424 g/mol. The van der Waals surface area contributed by atoms with Crippen molar-refractivity contribution < 1.29 is 14.7 Å². The van der Waals surface area contributed by atoms with Gasteiger partial charge < -0.3 is 10.4 Å². The van der Waals surface area contributed by atoms with E-state index < -0.39 is 16.9 Å². The third-order valence-electron chi connectivity index (χ3n) is 7.13. The van der Waals surface area contributed by atoms with Gasteiger partial charge in [0.2, 0.25) is 0 Å². The Labute approximate surface area is 197 Å². The predicted octanol–water partition coefficient (Wildman–Crippen LogP) is 6.35. The summed E-state index contributed by atoms with van der Waals surface area (Å²) in [6.45, 7) is 14.7. The van der Waals surface area contributed by atoms with Crippen LogP contribution in [0.3, 0.4) is 0 Å². The number of urea groups is 1. The number of nitrogens with one attached hydrogen (secondary N) is 1. The number of halogens is 1. The zero-order chi connectivity index (χ0) is 24.1. The first kappa shape index (κ1) is 24.6. The molecule has 1 saturated carbocycles. The van der Waals surface area contributed by atoms with Gasteiger partial charge in [-0.2, -0.15) is 0 Å². The van der Waals surface area contributed by atoms with Crippen molar-refractivity contribution in [3.05, 3.63) is 46.1 Å². The van der Waals surface area contributed by atoms with Crippen LogP contribution in [0, 0.1) is 16.7 Å². The normalized spacial score (nSPS) is 28.3. The van der Waals surface area contributed by atoms with Crippen molar-refractivity contribution in [2.24, 2.45) is 16.7 Å². The molecule has 176 valence electrons. The summed E-state index contributed by atoms with van der Waals surface area (Å²) in [5.74, 6) is -0.612. The minimum absolute atomic E-state index is 0.0993. The van der Waals surface area contributed by atoms with Crippen LogP contribution in [0.1, 0.15) is 78.9 Å². The minimum Gasteiger partial charge on any atom is -0.481 e. The first-order chi connectivity index (χ1) is 14.7. The van der Waals surface area contributed by atoms with Gasteiger partial charge in [0.1, 0.15) is 0 Å². The Bertz CT molecular complexity index is 941. The molecule has 1 aliphatic heterocycles. The van der Waals surface area contributed by atoms with Gasteiger partial charge >= 0.3 is 12.0 Å². The smallest absolute Gasteiger partial charge is 0.322 e. The maximum Gasteiger partial charge on any atom is 0.322 e. The predicted molar refractivity (Wildman–Crippen MR) is 129 cm³/mol. The van der Waals surface area contributed by atoms with Crippen molar-refractivity contribution in [3.8, 4) is 0 Å². The van der Waals surface area contributed by atoms with Gasteiger partial charge in [0, 0.05) is 17.3 Å². The lowest BCUT2D eigenvalue weighted by Crippen LogP contribution is -2.61. The summed E-state index contributed by atoms with van der Waals surface area (Å²) >= 11 is 6.68. The lowest BCUT2D eigenvalue weighted by atomic mass is 9.66. The molecule has 2 N–H and O–H groups in total. The van der Waals surface area contributed by atoms with Gasteiger partial charge in [-0.1, -0.05) is 58.4 Å². The zero-order valence-electron chi connectivity index (χ0n) is 20.4. The molecule has 1 aromatic rings. The highest BCUT2D eigenvalue weighted by molar-refractivity contribution is 6.31. The van der Waals surface area contributed by atoms with Crippen LogP contribution < -0.4 is 5.32 Å². The molecular formula is C26H37ClN2O3. The minimum atomic E-state index is -0.801. The Morgan fingerprint density at radius 1 is 1.28 bits per heavy atom. The van der Waals surface area contributed by atoms with Crippen LogP contribution >= 0.6 is 11.6 Å². The van der Waals surface area contributed by atoms with Gasteiger partial charge in [0.05, 0.1) is 11.0 Å². The van der Waals surface area contributed by atoms with E-state index in [-0.39, 0.29) is 23.4 Å². The molecule has 1 aliphatic carbocycles. The lowest BCUT2D eigenvalue weighted by molar-refractivity contribution is -0.156. The quantitative estimate of drug-likeness (QED) is 0.519. The molecule has 5 nitrogen and oxygen atoms in total. The molecule has 0 bridgehead atoms. The highest BCUT2D eigenvalue weighted by Crippen LogP contribution is 2.46. The first-order valence-electron chi connectivity index (χ1n) is 11.5. The number of aliphatic carboxylic acids is 1. The second-order valence-corrected chi connectivity index (χ2v) is 11.9. The largest absolute Gasteiger partial charge is 0.481 e. The fourth-order valence-electron chi connectivity index (χ4n) is 4.85. The zero-order valence-corrected chi connectivity index (χ0v) is 21.1. The molecule has 0 aromatic heterocycles. The van der Waals surface area contributed by atoms with Crippen molar-refractivity contribution in [2.75, 3.05) is 0 Å². The summed E-state index contributed by atoms with van der Waals surface area (Å²) < 4.78 is 0. The molecule has 6 heteroatoms. The molecule has 32 heavy (non-hydrogen) atoms. The molecule has 0 saturated heterocycles. The standard InChI is InChI=1S/C26H37ClN2O3/c1-16(2)20-15-29(19-13-25(6,14-19)22(30)31)23(32)28-26(20,7)18-9-8-17(21(27)12-18)10-11-24(3,4)5/h8-9,12,15-16,19H,10-11,13-14H2,1-7H3,(H,28,32)(H,30,31)/t19?,25?,26-/m1/s1. The van der Waals surface area contributed by atoms with E-state index in [4.69, 9.17) is 11.6 Å². The maximum absolute atomic E-state index is 13.1. The number of carbonyl (C=O) groups is 2. The molecule has 0 unspecified atom stereocenters. The molecule has 2 aliphatic rings. The number of rotatable bonds is 6. The molecule has 0 radical (unpaired) electrons. The van der Waals surface area contributed by atoms with Gasteiger partial charge in [-0.05, 0) is 73.6 Å². The highest BCUT2D eigenvalue weighted by atomic mass is 35.5. The average molecular weight is 461 g/mol. The number of aryl methyl sites for hydroxylation is 1. The Kier molecular flexibility index (Phi) is 6.47. The maximum atomic E-state index is 13.1. The number of nitrogens with zero attached hydrogens (tertiary/aromatic N) is 1. The second-order valence-electron chi connectivity index (χ2n) is 11.5. The molecule has 1 atom stereocenters. The number of carboxylic acids is 1. The van der Waals surface area contributed by atoms with Crippen LogP contribution in [0.4, 0.5) is 4.79 Å². The number of carbonyl (C=O) groups excluding carboxylic acids is 1. The Hall–Kier alpha value is -2.01. The van der Waals surface area contributed by atoms with Gasteiger partial charge in [-0.25, -0.2) is 4.79 Å². The Balaban J connectivity index is 1.89. The number of carboxylic acid groups (broad SMARTS) is 1. The summed E-state index contributed by atoms with van der Waals surface area (Å²) in [6.07, 6.45) is 4.82. The van der Waals surface area contributed by atoms with Crippen molar-refractivity contribution >= 4 is 23.6 Å². The third-order valence-corrected chi connectivity index (χ3v) is 7.48. The SMILES string of the molecule is CC(C)C1=CN(C2CC(C)(C(=O)O)C2)C(=O)N[C@]1(C)c1ccc(CCC(C)(C)C)c(Cl)c1. The molecule has 2 amide bonds. The van der Waals surface area contributed by atoms with Crippen LogP contribution in [-0.2, 0) is 16.8 Å². The summed E-state index contributed by atoms with van der Waals surface area (Å²) in [7, 11) is 0. The molecule has 0 spiro atoms. The van der Waals surface area contributed by atoms with E-state index in [0.717, 1.165) is 34.6 Å². The fourth-order valence-corrected chi connectivity index (χ4v) is 5.12. The summed E-state index contributed by atoms with van der Waals surface area (Å²) in [5, 5.41) is 13.4. The highest BCUT2D eigenvalue weighted by Gasteiger charge is 2.51. The second kappa shape index (κ2) is 8.40. The van der Waals surface area contributed by atoms with Crippen molar-refractivity contribution in [2.45, 2.75) is 85.7 Å². The van der Waals surface area contributed by atoms with E-state index in [1.54, 1.807) is 11.8 Å². The summed E-state index contributed by atoms with van der Waals surface area (Å²) in [5.41, 5.74) is 1.97. The van der Waals surface area contributed by atoms with Gasteiger partial charge in [0.15, 0.2) is 0 Å². The van der Waals surface area contributed by atoms with Crippen LogP contribution in [0.2, 0.25) is 5.02 Å². The van der Waals surface area contributed by atoms with Crippen molar-refractivity contribution in [1.29, 1.82) is 0 Å². The van der Waals surface area contributed by atoms with Crippen LogP contribution in [0.15, 0.2) is 30.0 Å². The molecule has 3 rings (SSSR count). The first-order valence-corrected chi connectivity index (χ1v) is 11.9. The van der Waals surface area contributed by atoms with E-state index >= 15 is 0 Å². The van der Waals surface area contributed by atoms with Gasteiger partial charge in [-0.15, -0.1) is 0 Å². The Morgan fingerprint density at radius 3 is 2.41 bits per heavy atom. The number of hydrogen-bond donors (Lipinski definition) is 2. The van der Waals surface area contributed by atoms with E-state index in [0.29, 0.717) is 12.8 Å². The summed E-state index contributed by atoms with van der Waals surface area (Å²) in [6, 6.07) is 5.84. The Morgan fingerprint density at radius 2 is 1.91 bits per heavy atom. The molecule has 1 heterocycles. The number of benzene rings is 1. The molecule has 1 aromatic carbocycles. The topological polar surface area (TPSA) is 69.6 Å². The number of amides is 2. The number of hydrogen-bond acceptors (Lipinski definition) is 2. The van der Waals surface area contributed by atoms with E-state index in [9.17, 15) is 14.7 Å². The fraction of sp³-hybridized carbons (Fsp3) is 0.615. The van der Waals surface area contributed by atoms with E-state index in [1.165, 1.54) is 0 Å². The van der Waals surface area contributed by atoms with Crippen LogP contribution in [-0.4, -0.2) is 28.0 Å². The average Bonchev–Trinajstić information content (AvgIpc) is 2.63. The lowest BCUT2D eigenvalue weighted by Gasteiger charge is -2.50. The third kappa shape index (κ3) is 4.68.